The molecule has 0 radical (unpaired) electrons. The van der Waals surface area contributed by atoms with Crippen molar-refractivity contribution in [3.05, 3.63) is 36.5 Å². The molecule has 192 valence electrons. The van der Waals surface area contributed by atoms with Crippen molar-refractivity contribution in [1.29, 1.82) is 0 Å². The fourth-order valence-electron chi connectivity index (χ4n) is 3.51. The van der Waals surface area contributed by atoms with Crippen LogP contribution in [0.5, 0.6) is 0 Å². The number of allylic oxidation sites excluding steroid dienone is 5. The molecule has 3 atom stereocenters. The zero-order valence-electron chi connectivity index (χ0n) is 21.3. The van der Waals surface area contributed by atoms with Gasteiger partial charge in [-0.2, -0.15) is 0 Å². The van der Waals surface area contributed by atoms with Gasteiger partial charge in [0.1, 0.15) is 0 Å². The van der Waals surface area contributed by atoms with E-state index in [2.05, 4.69) is 43.5 Å². The molecule has 0 saturated carbocycles. The van der Waals surface area contributed by atoms with Crippen molar-refractivity contribution >= 4 is 5.91 Å². The molecule has 0 heterocycles. The van der Waals surface area contributed by atoms with Crippen molar-refractivity contribution in [3.8, 4) is 0 Å². The second kappa shape index (κ2) is 23.7. The van der Waals surface area contributed by atoms with E-state index in [1.165, 1.54) is 38.5 Å². The second-order valence-electron chi connectivity index (χ2n) is 8.93. The molecular weight excluding hydrogens is 414 g/mol. The molecule has 0 bridgehead atoms. The minimum absolute atomic E-state index is 0.0116. The third kappa shape index (κ3) is 20.9. The molecule has 5 heteroatoms. The van der Waals surface area contributed by atoms with E-state index in [4.69, 9.17) is 0 Å². The van der Waals surface area contributed by atoms with Crippen LogP contribution in [0.1, 0.15) is 110 Å². The SMILES string of the molecule is CCCC/C=C\CCCCC(O)CC(=O)NC(CO)C(O)/C=C/CC/C=C/CCCCCC. The Morgan fingerprint density at radius 1 is 0.758 bits per heavy atom. The molecule has 0 fully saturated rings. The van der Waals surface area contributed by atoms with Gasteiger partial charge in [0.05, 0.1) is 31.3 Å². The third-order valence-electron chi connectivity index (χ3n) is 5.65. The lowest BCUT2D eigenvalue weighted by molar-refractivity contribution is -0.124. The molecule has 0 aromatic carbocycles. The quantitative estimate of drug-likeness (QED) is 0.121. The molecule has 0 aromatic rings. The summed E-state index contributed by atoms with van der Waals surface area (Å²) < 4.78 is 0. The smallest absolute Gasteiger partial charge is 0.222 e. The number of amides is 1. The van der Waals surface area contributed by atoms with Crippen LogP contribution in [0.2, 0.25) is 0 Å². The molecule has 0 spiro atoms. The highest BCUT2D eigenvalue weighted by molar-refractivity contribution is 5.76. The monoisotopic (exact) mass is 465 g/mol. The molecule has 0 aliphatic heterocycles. The van der Waals surface area contributed by atoms with E-state index in [0.717, 1.165) is 44.9 Å². The number of carbonyl (C=O) groups excluding carboxylic acids is 1. The van der Waals surface area contributed by atoms with Gasteiger partial charge in [-0.1, -0.05) is 88.8 Å². The zero-order valence-corrected chi connectivity index (χ0v) is 21.3. The predicted octanol–water partition coefficient (Wildman–Crippen LogP) is 5.75. The summed E-state index contributed by atoms with van der Waals surface area (Å²) in [6, 6.07) is -0.761. The maximum absolute atomic E-state index is 12.2. The number of hydrogen-bond donors (Lipinski definition) is 4. The van der Waals surface area contributed by atoms with E-state index in [1.54, 1.807) is 6.08 Å². The highest BCUT2D eigenvalue weighted by atomic mass is 16.3. The Morgan fingerprint density at radius 2 is 1.33 bits per heavy atom. The summed E-state index contributed by atoms with van der Waals surface area (Å²) in [7, 11) is 0. The van der Waals surface area contributed by atoms with Gasteiger partial charge in [0, 0.05) is 0 Å². The van der Waals surface area contributed by atoms with E-state index in [1.807, 2.05) is 6.08 Å². The van der Waals surface area contributed by atoms with Crippen LogP contribution in [0.15, 0.2) is 36.5 Å². The van der Waals surface area contributed by atoms with Gasteiger partial charge in [0.25, 0.3) is 0 Å². The highest BCUT2D eigenvalue weighted by Crippen LogP contribution is 2.09. The maximum Gasteiger partial charge on any atom is 0.222 e. The molecule has 1 amide bonds. The maximum atomic E-state index is 12.2. The zero-order chi connectivity index (χ0) is 24.6. The first-order valence-corrected chi connectivity index (χ1v) is 13.3. The van der Waals surface area contributed by atoms with Crippen molar-refractivity contribution in [2.24, 2.45) is 0 Å². The fourth-order valence-corrected chi connectivity index (χ4v) is 3.51. The molecule has 0 aliphatic rings. The van der Waals surface area contributed by atoms with E-state index >= 15 is 0 Å². The minimum Gasteiger partial charge on any atom is -0.394 e. The van der Waals surface area contributed by atoms with Crippen molar-refractivity contribution in [3.63, 3.8) is 0 Å². The average molecular weight is 466 g/mol. The van der Waals surface area contributed by atoms with Crippen molar-refractivity contribution in [2.45, 2.75) is 128 Å². The van der Waals surface area contributed by atoms with Crippen LogP contribution in [-0.4, -0.2) is 46.1 Å². The Bertz CT molecular complexity index is 530. The average Bonchev–Trinajstić information content (AvgIpc) is 2.80. The molecule has 0 rings (SSSR count). The molecule has 33 heavy (non-hydrogen) atoms. The summed E-state index contributed by atoms with van der Waals surface area (Å²) in [6.07, 6.45) is 25.6. The van der Waals surface area contributed by atoms with Crippen LogP contribution in [0.25, 0.3) is 0 Å². The number of aliphatic hydroxyl groups is 3. The van der Waals surface area contributed by atoms with Crippen molar-refractivity contribution in [1.82, 2.24) is 5.32 Å². The Hall–Kier alpha value is -1.43. The third-order valence-corrected chi connectivity index (χ3v) is 5.65. The molecular formula is C28H51NO4. The van der Waals surface area contributed by atoms with Crippen LogP contribution in [0.3, 0.4) is 0 Å². The minimum atomic E-state index is -0.950. The van der Waals surface area contributed by atoms with E-state index in [0.29, 0.717) is 6.42 Å². The Morgan fingerprint density at radius 3 is 1.97 bits per heavy atom. The predicted molar refractivity (Wildman–Crippen MR) is 139 cm³/mol. The van der Waals surface area contributed by atoms with Gasteiger partial charge in [0.2, 0.25) is 5.91 Å². The van der Waals surface area contributed by atoms with Crippen LogP contribution in [0, 0.1) is 0 Å². The van der Waals surface area contributed by atoms with Gasteiger partial charge in [-0.25, -0.2) is 0 Å². The van der Waals surface area contributed by atoms with Crippen LogP contribution in [0.4, 0.5) is 0 Å². The number of aliphatic hydroxyl groups excluding tert-OH is 3. The molecule has 5 nitrogen and oxygen atoms in total. The standard InChI is InChI=1S/C28H51NO4/c1-3-5-7-9-11-13-14-16-18-20-22-27(32)26(24-30)29-28(33)23-25(31)21-19-17-15-12-10-8-6-4-2/h10,12-14,20,22,25-27,30-32H,3-9,11,15-19,21,23-24H2,1-2H3,(H,29,33)/b12-10-,14-13+,22-20+. The molecule has 0 aliphatic carbocycles. The van der Waals surface area contributed by atoms with Gasteiger partial charge in [-0.3, -0.25) is 4.79 Å². The topological polar surface area (TPSA) is 89.8 Å². The fraction of sp³-hybridized carbons (Fsp3) is 0.750. The highest BCUT2D eigenvalue weighted by Gasteiger charge is 2.19. The van der Waals surface area contributed by atoms with Crippen molar-refractivity contribution in [2.75, 3.05) is 6.61 Å². The largest absolute Gasteiger partial charge is 0.394 e. The van der Waals surface area contributed by atoms with Crippen LogP contribution < -0.4 is 5.32 Å². The first kappa shape index (κ1) is 31.6. The number of hydrogen-bond acceptors (Lipinski definition) is 4. The number of unbranched alkanes of at least 4 members (excludes halogenated alkanes) is 9. The molecule has 0 aromatic heterocycles. The van der Waals surface area contributed by atoms with Gasteiger partial charge >= 0.3 is 0 Å². The summed E-state index contributed by atoms with van der Waals surface area (Å²) in [5, 5.41) is 32.5. The van der Waals surface area contributed by atoms with Crippen LogP contribution in [-0.2, 0) is 4.79 Å². The Balaban J connectivity index is 4.00. The van der Waals surface area contributed by atoms with Crippen LogP contribution >= 0.6 is 0 Å². The lowest BCUT2D eigenvalue weighted by Crippen LogP contribution is -2.45. The number of nitrogens with one attached hydrogen (secondary N) is 1. The van der Waals surface area contributed by atoms with E-state index in [-0.39, 0.29) is 18.9 Å². The second-order valence-corrected chi connectivity index (χ2v) is 8.93. The van der Waals surface area contributed by atoms with Crippen molar-refractivity contribution < 1.29 is 20.1 Å². The molecule has 4 N–H and O–H groups in total. The molecule has 3 unspecified atom stereocenters. The summed E-state index contributed by atoms with van der Waals surface area (Å²) >= 11 is 0. The normalized spacial score (nSPS) is 14.9. The summed E-state index contributed by atoms with van der Waals surface area (Å²) in [4.78, 5) is 12.2. The molecule has 0 saturated heterocycles. The van der Waals surface area contributed by atoms with Gasteiger partial charge in [-0.15, -0.1) is 0 Å². The van der Waals surface area contributed by atoms with E-state index in [9.17, 15) is 20.1 Å². The lowest BCUT2D eigenvalue weighted by atomic mass is 10.1. The first-order chi connectivity index (χ1) is 16.0. The lowest BCUT2D eigenvalue weighted by Gasteiger charge is -2.20. The van der Waals surface area contributed by atoms with E-state index < -0.39 is 18.2 Å². The Kier molecular flexibility index (Phi) is 22.7. The van der Waals surface area contributed by atoms with Gasteiger partial charge in [-0.05, 0) is 51.4 Å². The first-order valence-electron chi connectivity index (χ1n) is 13.3. The number of carbonyl (C=O) groups is 1. The van der Waals surface area contributed by atoms with Gasteiger partial charge in [0.15, 0.2) is 0 Å². The van der Waals surface area contributed by atoms with Gasteiger partial charge < -0.3 is 20.6 Å². The Labute approximate surface area is 203 Å². The summed E-state index contributed by atoms with van der Waals surface area (Å²) in [5.41, 5.74) is 0. The number of rotatable bonds is 22. The summed E-state index contributed by atoms with van der Waals surface area (Å²) in [5.74, 6) is -0.348. The summed E-state index contributed by atoms with van der Waals surface area (Å²) in [6.45, 7) is 4.04.